The molecule has 1 saturated heterocycles. The normalized spacial score (nSPS) is 16.1. The molecule has 0 spiro atoms. The number of carboxylic acids is 1. The zero-order chi connectivity index (χ0) is 20.6. The Labute approximate surface area is 169 Å². The van der Waals surface area contributed by atoms with Gasteiger partial charge >= 0.3 is 12.0 Å². The van der Waals surface area contributed by atoms with Gasteiger partial charge in [-0.05, 0) is 49.1 Å². The van der Waals surface area contributed by atoms with E-state index in [-0.39, 0.29) is 23.5 Å². The molecule has 0 radical (unpaired) electrons. The standard InChI is InChI=1S/C22H25N3O4/c26-20(17-6-2-1-3-7-17)23-15-19-8-4-5-13-25(19)22(29)24-14-16-9-11-18(12-10-16)21(27)28/h1-3,6-7,9-12,19H,4-5,8,13-15H2,(H,23,26)(H,24,29)(H,27,28). The van der Waals surface area contributed by atoms with Crippen molar-refractivity contribution >= 4 is 17.9 Å². The molecule has 3 rings (SSSR count). The Morgan fingerprint density at radius 2 is 1.66 bits per heavy atom. The molecule has 2 aromatic rings. The van der Waals surface area contributed by atoms with E-state index in [0.29, 0.717) is 25.2 Å². The predicted molar refractivity (Wildman–Crippen MR) is 109 cm³/mol. The van der Waals surface area contributed by atoms with Crippen LogP contribution in [0.5, 0.6) is 0 Å². The number of benzene rings is 2. The number of carboxylic acid groups (broad SMARTS) is 1. The van der Waals surface area contributed by atoms with E-state index in [9.17, 15) is 14.4 Å². The molecule has 1 unspecified atom stereocenters. The minimum Gasteiger partial charge on any atom is -0.478 e. The molecule has 0 saturated carbocycles. The highest BCUT2D eigenvalue weighted by atomic mass is 16.4. The number of rotatable bonds is 6. The van der Waals surface area contributed by atoms with Crippen molar-refractivity contribution in [3.05, 3.63) is 71.3 Å². The van der Waals surface area contributed by atoms with Crippen LogP contribution in [0.25, 0.3) is 0 Å². The molecule has 0 bridgehead atoms. The quantitative estimate of drug-likeness (QED) is 0.700. The Morgan fingerprint density at radius 3 is 2.34 bits per heavy atom. The topological polar surface area (TPSA) is 98.7 Å². The van der Waals surface area contributed by atoms with Crippen molar-refractivity contribution in [1.82, 2.24) is 15.5 Å². The van der Waals surface area contributed by atoms with Gasteiger partial charge in [-0.25, -0.2) is 9.59 Å². The maximum atomic E-state index is 12.7. The van der Waals surface area contributed by atoms with Gasteiger partial charge in [0.2, 0.25) is 0 Å². The molecule has 3 amide bonds. The van der Waals surface area contributed by atoms with Crippen LogP contribution in [-0.2, 0) is 6.54 Å². The first-order chi connectivity index (χ1) is 14.0. The minimum atomic E-state index is -0.978. The number of aromatic carboxylic acids is 1. The van der Waals surface area contributed by atoms with Gasteiger partial charge in [0.1, 0.15) is 0 Å². The van der Waals surface area contributed by atoms with Gasteiger partial charge in [-0.3, -0.25) is 4.79 Å². The maximum Gasteiger partial charge on any atom is 0.335 e. The number of urea groups is 1. The molecule has 3 N–H and O–H groups in total. The Morgan fingerprint density at radius 1 is 0.931 bits per heavy atom. The van der Waals surface area contributed by atoms with E-state index in [2.05, 4.69) is 10.6 Å². The van der Waals surface area contributed by atoms with Gasteiger partial charge in [-0.2, -0.15) is 0 Å². The highest BCUT2D eigenvalue weighted by Crippen LogP contribution is 2.17. The molecule has 1 aliphatic rings. The molecule has 1 aliphatic heterocycles. The first kappa shape index (κ1) is 20.4. The average molecular weight is 395 g/mol. The van der Waals surface area contributed by atoms with Crippen molar-refractivity contribution in [3.63, 3.8) is 0 Å². The van der Waals surface area contributed by atoms with E-state index in [1.165, 1.54) is 12.1 Å². The summed E-state index contributed by atoms with van der Waals surface area (Å²) in [5, 5.41) is 14.8. The van der Waals surface area contributed by atoms with Crippen LogP contribution in [0.4, 0.5) is 4.79 Å². The van der Waals surface area contributed by atoms with Gasteiger partial charge in [0.25, 0.3) is 5.91 Å². The molecule has 1 fully saturated rings. The number of likely N-dealkylation sites (tertiary alicyclic amines) is 1. The van der Waals surface area contributed by atoms with Crippen LogP contribution in [0.3, 0.4) is 0 Å². The first-order valence-electron chi connectivity index (χ1n) is 9.74. The zero-order valence-electron chi connectivity index (χ0n) is 16.1. The van der Waals surface area contributed by atoms with Crippen LogP contribution in [0.2, 0.25) is 0 Å². The molecule has 2 aromatic carbocycles. The van der Waals surface area contributed by atoms with Gasteiger partial charge in [-0.15, -0.1) is 0 Å². The number of hydrogen-bond acceptors (Lipinski definition) is 3. The van der Waals surface area contributed by atoms with Crippen molar-refractivity contribution in [1.29, 1.82) is 0 Å². The minimum absolute atomic E-state index is 0.0502. The molecule has 0 aliphatic carbocycles. The van der Waals surface area contributed by atoms with Crippen molar-refractivity contribution in [2.75, 3.05) is 13.1 Å². The highest BCUT2D eigenvalue weighted by molar-refractivity contribution is 5.94. The largest absolute Gasteiger partial charge is 0.478 e. The summed E-state index contributed by atoms with van der Waals surface area (Å²) in [6.45, 7) is 1.38. The summed E-state index contributed by atoms with van der Waals surface area (Å²) in [5.74, 6) is -1.12. The number of piperidine rings is 1. The summed E-state index contributed by atoms with van der Waals surface area (Å²) in [6, 6.07) is 15.2. The fourth-order valence-corrected chi connectivity index (χ4v) is 3.43. The van der Waals surface area contributed by atoms with Crippen LogP contribution in [0, 0.1) is 0 Å². The molecule has 29 heavy (non-hydrogen) atoms. The predicted octanol–water partition coefficient (Wildman–Crippen LogP) is 2.88. The molecular formula is C22H25N3O4. The van der Waals surface area contributed by atoms with E-state index in [1.807, 2.05) is 18.2 Å². The highest BCUT2D eigenvalue weighted by Gasteiger charge is 2.27. The lowest BCUT2D eigenvalue weighted by atomic mass is 10.0. The lowest BCUT2D eigenvalue weighted by Crippen LogP contribution is -2.52. The van der Waals surface area contributed by atoms with E-state index in [1.54, 1.807) is 29.2 Å². The van der Waals surface area contributed by atoms with Crippen LogP contribution < -0.4 is 10.6 Å². The lowest BCUT2D eigenvalue weighted by Gasteiger charge is -2.35. The second-order valence-electron chi connectivity index (χ2n) is 7.08. The third-order valence-corrected chi connectivity index (χ3v) is 5.07. The maximum absolute atomic E-state index is 12.7. The fraction of sp³-hybridized carbons (Fsp3) is 0.318. The smallest absolute Gasteiger partial charge is 0.335 e. The summed E-state index contributed by atoms with van der Waals surface area (Å²) >= 11 is 0. The number of hydrogen-bond donors (Lipinski definition) is 3. The Balaban J connectivity index is 1.53. The van der Waals surface area contributed by atoms with Gasteiger partial charge in [0, 0.05) is 25.2 Å². The number of carbonyl (C=O) groups excluding carboxylic acids is 2. The molecule has 152 valence electrons. The van der Waals surface area contributed by atoms with Crippen LogP contribution >= 0.6 is 0 Å². The van der Waals surface area contributed by atoms with Gasteiger partial charge in [-0.1, -0.05) is 30.3 Å². The molecule has 1 atom stereocenters. The molecule has 7 nitrogen and oxygen atoms in total. The molecule has 1 heterocycles. The third-order valence-electron chi connectivity index (χ3n) is 5.07. The van der Waals surface area contributed by atoms with E-state index in [0.717, 1.165) is 24.8 Å². The van der Waals surface area contributed by atoms with Gasteiger partial charge in [0.05, 0.1) is 11.6 Å². The Hall–Kier alpha value is -3.35. The number of nitrogens with zero attached hydrogens (tertiary/aromatic N) is 1. The van der Waals surface area contributed by atoms with E-state index in [4.69, 9.17) is 5.11 Å². The number of amides is 3. The second kappa shape index (κ2) is 9.73. The van der Waals surface area contributed by atoms with Crippen LogP contribution in [0.15, 0.2) is 54.6 Å². The van der Waals surface area contributed by atoms with Gasteiger partial charge < -0.3 is 20.6 Å². The Kier molecular flexibility index (Phi) is 6.84. The fourth-order valence-electron chi connectivity index (χ4n) is 3.43. The molecular weight excluding hydrogens is 370 g/mol. The van der Waals surface area contributed by atoms with Crippen molar-refractivity contribution in [2.45, 2.75) is 31.8 Å². The second-order valence-corrected chi connectivity index (χ2v) is 7.08. The monoisotopic (exact) mass is 395 g/mol. The molecule has 7 heteroatoms. The summed E-state index contributed by atoms with van der Waals surface area (Å²) in [4.78, 5) is 37.7. The number of nitrogens with one attached hydrogen (secondary N) is 2. The first-order valence-corrected chi connectivity index (χ1v) is 9.74. The van der Waals surface area contributed by atoms with E-state index < -0.39 is 5.97 Å². The van der Waals surface area contributed by atoms with Crippen LogP contribution in [-0.4, -0.2) is 47.0 Å². The number of carbonyl (C=O) groups is 3. The lowest BCUT2D eigenvalue weighted by molar-refractivity contribution is 0.0696. The van der Waals surface area contributed by atoms with Gasteiger partial charge in [0.15, 0.2) is 0 Å². The summed E-state index contributed by atoms with van der Waals surface area (Å²) < 4.78 is 0. The summed E-state index contributed by atoms with van der Waals surface area (Å²) in [7, 11) is 0. The summed E-state index contributed by atoms with van der Waals surface area (Å²) in [5.41, 5.74) is 1.64. The van der Waals surface area contributed by atoms with E-state index >= 15 is 0 Å². The zero-order valence-corrected chi connectivity index (χ0v) is 16.1. The average Bonchev–Trinajstić information content (AvgIpc) is 2.77. The van der Waals surface area contributed by atoms with Crippen molar-refractivity contribution in [2.24, 2.45) is 0 Å². The van der Waals surface area contributed by atoms with Crippen molar-refractivity contribution in [3.8, 4) is 0 Å². The Bertz CT molecular complexity index is 852. The molecule has 0 aromatic heterocycles. The summed E-state index contributed by atoms with van der Waals surface area (Å²) in [6.07, 6.45) is 2.80. The van der Waals surface area contributed by atoms with Crippen LogP contribution in [0.1, 0.15) is 45.5 Å². The van der Waals surface area contributed by atoms with Crippen molar-refractivity contribution < 1.29 is 19.5 Å². The SMILES string of the molecule is O=C(O)c1ccc(CNC(=O)N2CCCCC2CNC(=O)c2ccccc2)cc1. The third kappa shape index (κ3) is 5.57.